The lowest BCUT2D eigenvalue weighted by atomic mass is 10.1. The van der Waals surface area contributed by atoms with Gasteiger partial charge >= 0.3 is 6.18 Å². The Morgan fingerprint density at radius 2 is 1.70 bits per heavy atom. The summed E-state index contributed by atoms with van der Waals surface area (Å²) in [6.45, 7) is -1.02. The molecule has 0 fully saturated rings. The molecule has 0 spiro atoms. The van der Waals surface area contributed by atoms with Crippen LogP contribution in [-0.2, 0) is 12.9 Å². The van der Waals surface area contributed by atoms with Crippen molar-refractivity contribution in [2.45, 2.75) is 12.9 Å². The van der Waals surface area contributed by atoms with Gasteiger partial charge in [0, 0.05) is 11.1 Å². The second kappa shape index (κ2) is 5.83. The fourth-order valence-electron chi connectivity index (χ4n) is 2.10. The van der Waals surface area contributed by atoms with Gasteiger partial charge in [0.25, 0.3) is 5.89 Å². The molecule has 0 atom stereocenters. The van der Waals surface area contributed by atoms with Gasteiger partial charge in [-0.1, -0.05) is 35.5 Å². The molecule has 1 heterocycles. The van der Waals surface area contributed by atoms with Gasteiger partial charge in [-0.05, 0) is 23.8 Å². The van der Waals surface area contributed by atoms with E-state index in [1.165, 1.54) is 6.07 Å². The monoisotopic (exact) mass is 322 g/mol. The first-order valence-corrected chi connectivity index (χ1v) is 6.64. The van der Waals surface area contributed by atoms with Crippen LogP contribution in [0.1, 0.15) is 11.1 Å². The van der Waals surface area contributed by atoms with Gasteiger partial charge in [-0.3, -0.25) is 0 Å². The average Bonchev–Trinajstić information content (AvgIpc) is 3.04. The van der Waals surface area contributed by atoms with Crippen LogP contribution in [0.15, 0.2) is 53.1 Å². The molecule has 7 heteroatoms. The van der Waals surface area contributed by atoms with E-state index in [0.717, 1.165) is 12.1 Å². The van der Waals surface area contributed by atoms with Crippen molar-refractivity contribution in [1.29, 1.82) is 0 Å². The molecular weight excluding hydrogens is 312 g/mol. The zero-order valence-corrected chi connectivity index (χ0v) is 11.6. The minimum absolute atomic E-state index is 0.0298. The van der Waals surface area contributed by atoms with Gasteiger partial charge in [0.2, 0.25) is 5.82 Å². The predicted octanol–water partition coefficient (Wildman–Crippen LogP) is 4.89. The summed E-state index contributed by atoms with van der Waals surface area (Å²) in [5.41, 5.74) is -0.362. The Morgan fingerprint density at radius 1 is 0.957 bits per heavy atom. The Bertz CT molecular complexity index is 812. The molecule has 3 nitrogen and oxygen atoms in total. The first kappa shape index (κ1) is 15.2. The zero-order valence-electron chi connectivity index (χ0n) is 11.6. The van der Waals surface area contributed by atoms with E-state index in [9.17, 15) is 17.6 Å². The Kier molecular flexibility index (Phi) is 3.85. The van der Waals surface area contributed by atoms with Crippen LogP contribution in [0, 0.1) is 0 Å². The quantitative estimate of drug-likeness (QED) is 0.644. The van der Waals surface area contributed by atoms with Crippen molar-refractivity contribution in [3.8, 4) is 22.8 Å². The molecule has 0 N–H and O–H groups in total. The highest BCUT2D eigenvalue weighted by atomic mass is 19.4. The number of benzene rings is 2. The Labute approximate surface area is 128 Å². The SMILES string of the molecule is FCc1cc(-c2nc(-c3ccccc3)no2)cc(C(F)(F)F)c1. The van der Waals surface area contributed by atoms with Crippen LogP contribution in [0.2, 0.25) is 0 Å². The fourth-order valence-corrected chi connectivity index (χ4v) is 2.10. The second-order valence-electron chi connectivity index (χ2n) is 4.84. The summed E-state index contributed by atoms with van der Waals surface area (Å²) < 4.78 is 56.5. The van der Waals surface area contributed by atoms with Gasteiger partial charge in [0.05, 0.1) is 5.56 Å². The van der Waals surface area contributed by atoms with E-state index in [1.54, 1.807) is 24.3 Å². The summed E-state index contributed by atoms with van der Waals surface area (Å²) in [6.07, 6.45) is -4.58. The molecule has 0 radical (unpaired) electrons. The lowest BCUT2D eigenvalue weighted by Gasteiger charge is -2.09. The van der Waals surface area contributed by atoms with E-state index in [1.807, 2.05) is 6.07 Å². The van der Waals surface area contributed by atoms with Crippen molar-refractivity contribution in [2.24, 2.45) is 0 Å². The fraction of sp³-hybridized carbons (Fsp3) is 0.125. The molecule has 118 valence electrons. The molecule has 0 aliphatic carbocycles. The number of alkyl halides is 4. The number of nitrogens with zero attached hydrogens (tertiary/aromatic N) is 2. The highest BCUT2D eigenvalue weighted by Gasteiger charge is 2.31. The van der Waals surface area contributed by atoms with E-state index in [-0.39, 0.29) is 22.8 Å². The van der Waals surface area contributed by atoms with Crippen molar-refractivity contribution >= 4 is 0 Å². The van der Waals surface area contributed by atoms with Crippen molar-refractivity contribution in [3.05, 3.63) is 59.7 Å². The van der Waals surface area contributed by atoms with Crippen molar-refractivity contribution in [3.63, 3.8) is 0 Å². The Morgan fingerprint density at radius 3 is 2.35 bits per heavy atom. The highest BCUT2D eigenvalue weighted by molar-refractivity contribution is 5.61. The van der Waals surface area contributed by atoms with Crippen LogP contribution >= 0.6 is 0 Å². The third-order valence-corrected chi connectivity index (χ3v) is 3.18. The first-order valence-electron chi connectivity index (χ1n) is 6.64. The first-order chi connectivity index (χ1) is 11.0. The molecule has 0 amide bonds. The molecule has 0 unspecified atom stereocenters. The van der Waals surface area contributed by atoms with Gasteiger partial charge in [-0.25, -0.2) is 4.39 Å². The maximum atomic E-state index is 12.9. The molecule has 0 aliphatic rings. The summed E-state index contributed by atoms with van der Waals surface area (Å²) in [4.78, 5) is 4.08. The molecule has 0 bridgehead atoms. The summed E-state index contributed by atoms with van der Waals surface area (Å²) in [6, 6.07) is 11.7. The number of hydrogen-bond donors (Lipinski definition) is 0. The van der Waals surface area contributed by atoms with E-state index >= 15 is 0 Å². The van der Waals surface area contributed by atoms with Crippen LogP contribution in [-0.4, -0.2) is 10.1 Å². The molecule has 1 aromatic heterocycles. The lowest BCUT2D eigenvalue weighted by Crippen LogP contribution is -2.05. The predicted molar refractivity (Wildman–Crippen MR) is 75.0 cm³/mol. The number of halogens is 4. The van der Waals surface area contributed by atoms with Crippen molar-refractivity contribution < 1.29 is 22.1 Å². The number of hydrogen-bond acceptors (Lipinski definition) is 3. The molecule has 0 saturated carbocycles. The minimum atomic E-state index is -4.58. The Balaban J connectivity index is 2.04. The topological polar surface area (TPSA) is 38.9 Å². The van der Waals surface area contributed by atoms with Gasteiger partial charge in [0.1, 0.15) is 6.67 Å². The smallest absolute Gasteiger partial charge is 0.334 e. The number of rotatable bonds is 3. The van der Waals surface area contributed by atoms with Gasteiger partial charge in [0.15, 0.2) is 0 Å². The summed E-state index contributed by atoms with van der Waals surface area (Å²) in [5.74, 6) is 0.157. The van der Waals surface area contributed by atoms with Gasteiger partial charge < -0.3 is 4.52 Å². The van der Waals surface area contributed by atoms with E-state index in [0.29, 0.717) is 5.56 Å². The second-order valence-corrected chi connectivity index (χ2v) is 4.84. The van der Waals surface area contributed by atoms with Crippen molar-refractivity contribution in [1.82, 2.24) is 10.1 Å². The van der Waals surface area contributed by atoms with E-state index in [4.69, 9.17) is 4.52 Å². The summed E-state index contributed by atoms with van der Waals surface area (Å²) in [7, 11) is 0. The van der Waals surface area contributed by atoms with Crippen LogP contribution < -0.4 is 0 Å². The molecule has 3 rings (SSSR count). The minimum Gasteiger partial charge on any atom is -0.334 e. The Hall–Kier alpha value is -2.70. The van der Waals surface area contributed by atoms with E-state index < -0.39 is 18.4 Å². The standard InChI is InChI=1S/C16H10F4N2O/c17-9-10-6-12(8-13(7-10)16(18,19)20)15-21-14(22-23-15)11-4-2-1-3-5-11/h1-8H,9H2. The number of aromatic nitrogens is 2. The van der Waals surface area contributed by atoms with Crippen LogP contribution in [0.3, 0.4) is 0 Å². The molecule has 3 aromatic rings. The third-order valence-electron chi connectivity index (χ3n) is 3.18. The highest BCUT2D eigenvalue weighted by Crippen LogP contribution is 2.33. The average molecular weight is 322 g/mol. The van der Waals surface area contributed by atoms with Crippen molar-refractivity contribution in [2.75, 3.05) is 0 Å². The summed E-state index contributed by atoms with van der Waals surface area (Å²) >= 11 is 0. The maximum absolute atomic E-state index is 12.9. The summed E-state index contributed by atoms with van der Waals surface area (Å²) in [5, 5.41) is 3.75. The maximum Gasteiger partial charge on any atom is 0.416 e. The van der Waals surface area contributed by atoms with Crippen LogP contribution in [0.25, 0.3) is 22.8 Å². The van der Waals surface area contributed by atoms with Crippen LogP contribution in [0.4, 0.5) is 17.6 Å². The van der Waals surface area contributed by atoms with Crippen LogP contribution in [0.5, 0.6) is 0 Å². The third kappa shape index (κ3) is 3.23. The molecular formula is C16H10F4N2O. The molecule has 2 aromatic carbocycles. The molecule has 0 aliphatic heterocycles. The van der Waals surface area contributed by atoms with Gasteiger partial charge in [-0.15, -0.1) is 0 Å². The zero-order chi connectivity index (χ0) is 16.4. The molecule has 23 heavy (non-hydrogen) atoms. The van der Waals surface area contributed by atoms with E-state index in [2.05, 4.69) is 10.1 Å². The lowest BCUT2D eigenvalue weighted by molar-refractivity contribution is -0.137. The van der Waals surface area contributed by atoms with Gasteiger partial charge in [-0.2, -0.15) is 18.2 Å². The molecule has 0 saturated heterocycles. The normalized spacial score (nSPS) is 11.7. The largest absolute Gasteiger partial charge is 0.416 e.